The van der Waals surface area contributed by atoms with Crippen LogP contribution in [-0.2, 0) is 4.79 Å². The number of ether oxygens (including phenoxy) is 1. The number of carbonyl (C=O) groups is 1. The van der Waals surface area contributed by atoms with Crippen LogP contribution < -0.4 is 15.4 Å². The number of methoxy groups -OCH3 is 1. The fourth-order valence-electron chi connectivity index (χ4n) is 4.26. The van der Waals surface area contributed by atoms with Gasteiger partial charge in [-0.25, -0.2) is 4.98 Å². The van der Waals surface area contributed by atoms with Crippen molar-refractivity contribution in [2.24, 2.45) is 0 Å². The number of allylic oxidation sites excluding steroid dienone is 1. The number of imidazole rings is 1. The summed E-state index contributed by atoms with van der Waals surface area (Å²) < 4.78 is 7.53. The second kappa shape index (κ2) is 7.89. The van der Waals surface area contributed by atoms with Gasteiger partial charge in [0.05, 0.1) is 35.4 Å². The van der Waals surface area contributed by atoms with Gasteiger partial charge in [0.1, 0.15) is 5.75 Å². The molecule has 0 aliphatic carbocycles. The molecule has 160 valence electrons. The van der Waals surface area contributed by atoms with Crippen LogP contribution >= 0.6 is 0 Å². The molecule has 0 fully saturated rings. The van der Waals surface area contributed by atoms with Crippen molar-refractivity contribution in [2.45, 2.75) is 19.9 Å². The number of para-hydroxylation sites is 4. The molecule has 1 aromatic heterocycles. The lowest BCUT2D eigenvalue weighted by Crippen LogP contribution is -2.31. The lowest BCUT2D eigenvalue weighted by Gasteiger charge is -2.31. The number of amides is 1. The van der Waals surface area contributed by atoms with E-state index in [1.807, 2.05) is 55.5 Å². The Morgan fingerprint density at radius 1 is 1.00 bits per heavy atom. The maximum absolute atomic E-state index is 13.7. The van der Waals surface area contributed by atoms with Gasteiger partial charge >= 0.3 is 0 Å². The zero-order valence-electron chi connectivity index (χ0n) is 18.2. The molecule has 0 unspecified atom stereocenters. The third-order valence-electron chi connectivity index (χ3n) is 5.82. The Morgan fingerprint density at radius 3 is 2.50 bits per heavy atom. The van der Waals surface area contributed by atoms with Gasteiger partial charge < -0.3 is 15.4 Å². The Hall–Kier alpha value is -4.06. The highest BCUT2D eigenvalue weighted by Gasteiger charge is 2.34. The molecule has 0 bridgehead atoms. The first-order valence-electron chi connectivity index (χ1n) is 10.5. The van der Waals surface area contributed by atoms with E-state index in [1.54, 1.807) is 7.11 Å². The molecule has 2 N–H and O–H groups in total. The average molecular weight is 425 g/mol. The Bertz CT molecular complexity index is 1350. The van der Waals surface area contributed by atoms with Gasteiger partial charge in [-0.3, -0.25) is 9.36 Å². The van der Waals surface area contributed by atoms with Gasteiger partial charge in [-0.05, 0) is 43.7 Å². The highest BCUT2D eigenvalue weighted by Crippen LogP contribution is 2.39. The number of aromatic nitrogens is 2. The van der Waals surface area contributed by atoms with Crippen molar-refractivity contribution in [3.05, 3.63) is 95.2 Å². The molecule has 1 aliphatic heterocycles. The predicted octanol–water partition coefficient (Wildman–Crippen LogP) is 5.28. The van der Waals surface area contributed by atoms with E-state index >= 15 is 0 Å². The summed E-state index contributed by atoms with van der Waals surface area (Å²) in [6.45, 7) is 3.97. The van der Waals surface area contributed by atoms with Crippen LogP contribution in [0.15, 0.2) is 84.1 Å². The van der Waals surface area contributed by atoms with E-state index in [1.165, 1.54) is 5.56 Å². The predicted molar refractivity (Wildman–Crippen MR) is 127 cm³/mol. The third kappa shape index (κ3) is 3.30. The van der Waals surface area contributed by atoms with E-state index in [9.17, 15) is 4.79 Å². The van der Waals surface area contributed by atoms with Gasteiger partial charge in [0, 0.05) is 5.70 Å². The first kappa shape index (κ1) is 19.9. The molecule has 1 aliphatic rings. The number of fused-ring (bicyclic) bond motifs is 3. The number of anilines is 2. The van der Waals surface area contributed by atoms with Gasteiger partial charge in [0.2, 0.25) is 5.95 Å². The van der Waals surface area contributed by atoms with Crippen LogP contribution in [0.1, 0.15) is 24.1 Å². The Kier molecular flexibility index (Phi) is 4.90. The molecule has 3 aromatic carbocycles. The largest absolute Gasteiger partial charge is 0.495 e. The standard InChI is InChI=1S/C26H24N4O2/c1-16-12-14-18(15-13-16)24-23(25(31)28-20-9-5-7-11-22(20)32-3)17(2)27-26-29-19-8-4-6-10-21(19)30(24)26/h4-15,24H,1-3H3,(H,27,29)(H,28,31)/t24-/m1/s1. The van der Waals surface area contributed by atoms with Crippen molar-refractivity contribution in [3.8, 4) is 5.75 Å². The van der Waals surface area contributed by atoms with Crippen molar-refractivity contribution >= 4 is 28.6 Å². The van der Waals surface area contributed by atoms with Gasteiger partial charge in [-0.2, -0.15) is 0 Å². The minimum Gasteiger partial charge on any atom is -0.495 e. The zero-order valence-corrected chi connectivity index (χ0v) is 18.2. The number of rotatable bonds is 4. The molecule has 32 heavy (non-hydrogen) atoms. The lowest BCUT2D eigenvalue weighted by atomic mass is 9.93. The average Bonchev–Trinajstić information content (AvgIpc) is 3.17. The summed E-state index contributed by atoms with van der Waals surface area (Å²) in [5.74, 6) is 1.15. The molecule has 1 amide bonds. The highest BCUT2D eigenvalue weighted by atomic mass is 16.5. The molecular formula is C26H24N4O2. The van der Waals surface area contributed by atoms with Gasteiger partial charge in [-0.15, -0.1) is 0 Å². The highest BCUT2D eigenvalue weighted by molar-refractivity contribution is 6.07. The monoisotopic (exact) mass is 424 g/mol. The Morgan fingerprint density at radius 2 is 1.72 bits per heavy atom. The molecule has 0 saturated heterocycles. The van der Waals surface area contributed by atoms with E-state index in [2.05, 4.69) is 46.4 Å². The number of carbonyl (C=O) groups excluding carboxylic acids is 1. The van der Waals surface area contributed by atoms with Gasteiger partial charge in [0.25, 0.3) is 5.91 Å². The molecular weight excluding hydrogens is 400 g/mol. The SMILES string of the molecule is COc1ccccc1NC(=O)C1=C(C)Nc2nc3ccccc3n2[C@@H]1c1ccc(C)cc1. The molecule has 6 nitrogen and oxygen atoms in total. The lowest BCUT2D eigenvalue weighted by molar-refractivity contribution is -0.113. The molecule has 0 spiro atoms. The van der Waals surface area contributed by atoms with E-state index in [0.29, 0.717) is 17.0 Å². The molecule has 1 atom stereocenters. The Balaban J connectivity index is 1.66. The maximum atomic E-state index is 13.7. The molecule has 5 rings (SSSR count). The number of nitrogens with zero attached hydrogens (tertiary/aromatic N) is 2. The van der Waals surface area contributed by atoms with Crippen molar-refractivity contribution in [2.75, 3.05) is 17.7 Å². The number of aryl methyl sites for hydroxylation is 1. The summed E-state index contributed by atoms with van der Waals surface area (Å²) in [7, 11) is 1.59. The number of nitrogens with one attached hydrogen (secondary N) is 2. The van der Waals surface area contributed by atoms with E-state index in [0.717, 1.165) is 28.2 Å². The van der Waals surface area contributed by atoms with E-state index in [4.69, 9.17) is 9.72 Å². The van der Waals surface area contributed by atoms with Crippen LogP contribution in [0.4, 0.5) is 11.6 Å². The second-order valence-corrected chi connectivity index (χ2v) is 7.93. The summed E-state index contributed by atoms with van der Waals surface area (Å²) in [6.07, 6.45) is 0. The third-order valence-corrected chi connectivity index (χ3v) is 5.82. The number of benzene rings is 3. The summed E-state index contributed by atoms with van der Waals surface area (Å²) >= 11 is 0. The number of hydrogen-bond donors (Lipinski definition) is 2. The maximum Gasteiger partial charge on any atom is 0.255 e. The van der Waals surface area contributed by atoms with Crippen LogP contribution in [0.2, 0.25) is 0 Å². The second-order valence-electron chi connectivity index (χ2n) is 7.93. The van der Waals surface area contributed by atoms with Crippen LogP contribution in [0.3, 0.4) is 0 Å². The fraction of sp³-hybridized carbons (Fsp3) is 0.154. The van der Waals surface area contributed by atoms with Crippen molar-refractivity contribution in [1.82, 2.24) is 9.55 Å². The minimum atomic E-state index is -0.325. The molecule has 6 heteroatoms. The van der Waals surface area contributed by atoms with Gasteiger partial charge in [-0.1, -0.05) is 54.1 Å². The van der Waals surface area contributed by atoms with Crippen molar-refractivity contribution in [1.29, 1.82) is 0 Å². The summed E-state index contributed by atoms with van der Waals surface area (Å²) in [5, 5.41) is 6.39. The minimum absolute atomic E-state index is 0.187. The summed E-state index contributed by atoms with van der Waals surface area (Å²) in [5.41, 5.74) is 6.07. The molecule has 0 saturated carbocycles. The smallest absolute Gasteiger partial charge is 0.255 e. The summed E-state index contributed by atoms with van der Waals surface area (Å²) in [6, 6.07) is 23.4. The Labute approximate surface area is 186 Å². The fourth-order valence-corrected chi connectivity index (χ4v) is 4.26. The normalized spacial score (nSPS) is 15.3. The zero-order chi connectivity index (χ0) is 22.2. The van der Waals surface area contributed by atoms with Crippen LogP contribution in [-0.4, -0.2) is 22.6 Å². The molecule has 0 radical (unpaired) electrons. The molecule has 4 aromatic rings. The molecule has 2 heterocycles. The number of hydrogen-bond acceptors (Lipinski definition) is 4. The first-order valence-corrected chi connectivity index (χ1v) is 10.5. The topological polar surface area (TPSA) is 68.2 Å². The quantitative estimate of drug-likeness (QED) is 0.468. The van der Waals surface area contributed by atoms with Crippen molar-refractivity contribution < 1.29 is 9.53 Å². The van der Waals surface area contributed by atoms with E-state index in [-0.39, 0.29) is 11.9 Å². The van der Waals surface area contributed by atoms with Gasteiger partial charge in [0.15, 0.2) is 0 Å². The van der Waals surface area contributed by atoms with Crippen molar-refractivity contribution in [3.63, 3.8) is 0 Å². The van der Waals surface area contributed by atoms with Crippen LogP contribution in [0.5, 0.6) is 5.75 Å². The summed E-state index contributed by atoms with van der Waals surface area (Å²) in [4.78, 5) is 18.4. The van der Waals surface area contributed by atoms with E-state index < -0.39 is 0 Å². The van der Waals surface area contributed by atoms with Crippen LogP contribution in [0, 0.1) is 6.92 Å². The van der Waals surface area contributed by atoms with Crippen LogP contribution in [0.25, 0.3) is 11.0 Å². The first-order chi connectivity index (χ1) is 15.6.